The van der Waals surface area contributed by atoms with E-state index < -0.39 is 0 Å². The molecule has 0 aliphatic rings. The number of aromatic nitrogens is 1. The molecule has 35 heavy (non-hydrogen) atoms. The van der Waals surface area contributed by atoms with Crippen LogP contribution in [0.5, 0.6) is 17.2 Å². The van der Waals surface area contributed by atoms with Gasteiger partial charge in [0.15, 0.2) is 11.5 Å². The Hall–Kier alpha value is -4.26. The molecule has 1 N–H and O–H groups in total. The first-order chi connectivity index (χ1) is 16.9. The zero-order chi connectivity index (χ0) is 24.9. The zero-order valence-electron chi connectivity index (χ0n) is 20.3. The number of benzene rings is 3. The average molecular weight is 473 g/mol. The molecule has 0 unspecified atom stereocenters. The number of rotatable bonds is 8. The quantitative estimate of drug-likeness (QED) is 0.402. The van der Waals surface area contributed by atoms with Gasteiger partial charge in [0.25, 0.3) is 11.5 Å². The van der Waals surface area contributed by atoms with Crippen molar-refractivity contribution in [1.29, 1.82) is 0 Å². The predicted molar refractivity (Wildman–Crippen MR) is 135 cm³/mol. The van der Waals surface area contributed by atoms with E-state index in [4.69, 9.17) is 14.2 Å². The molecule has 7 nitrogen and oxygen atoms in total. The minimum Gasteiger partial charge on any atom is -0.497 e. The molecule has 0 atom stereocenters. The van der Waals surface area contributed by atoms with Gasteiger partial charge in [0.2, 0.25) is 0 Å². The number of aromatic amines is 1. The fraction of sp³-hybridized carbons (Fsp3) is 0.214. The minimum atomic E-state index is -0.263. The van der Waals surface area contributed by atoms with E-state index in [9.17, 15) is 9.59 Å². The summed E-state index contributed by atoms with van der Waals surface area (Å²) in [5, 5.41) is 0.782. The van der Waals surface area contributed by atoms with Gasteiger partial charge < -0.3 is 24.1 Å². The normalized spacial score (nSPS) is 10.7. The summed E-state index contributed by atoms with van der Waals surface area (Å²) in [5.74, 6) is 1.66. The number of carbonyl (C=O) groups excluding carboxylic acids is 1. The molecule has 0 aliphatic carbocycles. The minimum absolute atomic E-state index is 0.137. The number of nitrogens with one attached hydrogen (secondary N) is 1. The van der Waals surface area contributed by atoms with E-state index >= 15 is 0 Å². The van der Waals surface area contributed by atoms with Crippen molar-refractivity contribution >= 4 is 16.8 Å². The van der Waals surface area contributed by atoms with Crippen molar-refractivity contribution in [2.24, 2.45) is 0 Å². The van der Waals surface area contributed by atoms with E-state index in [-0.39, 0.29) is 18.0 Å². The van der Waals surface area contributed by atoms with Crippen LogP contribution in [0.15, 0.2) is 71.5 Å². The molecule has 1 amide bonds. The van der Waals surface area contributed by atoms with Crippen LogP contribution in [0.4, 0.5) is 0 Å². The lowest BCUT2D eigenvalue weighted by Gasteiger charge is -2.23. The maximum Gasteiger partial charge on any atom is 0.254 e. The molecule has 4 aromatic rings. The summed E-state index contributed by atoms with van der Waals surface area (Å²) in [7, 11) is 4.72. The number of amides is 1. The Morgan fingerprint density at radius 3 is 2.11 bits per heavy atom. The molecule has 1 heterocycles. The second-order valence-corrected chi connectivity index (χ2v) is 8.29. The Kier molecular flexibility index (Phi) is 7.06. The van der Waals surface area contributed by atoms with Gasteiger partial charge in [-0.25, -0.2) is 0 Å². The number of hydrogen-bond acceptors (Lipinski definition) is 5. The Morgan fingerprint density at radius 1 is 0.829 bits per heavy atom. The van der Waals surface area contributed by atoms with Crippen molar-refractivity contribution in [3.8, 4) is 17.2 Å². The number of fused-ring (bicyclic) bond motifs is 1. The van der Waals surface area contributed by atoms with Gasteiger partial charge in [-0.2, -0.15) is 0 Å². The molecule has 4 rings (SSSR count). The SMILES string of the molecule is COc1ccc(CN(Cc2cc3cc(OC)c(OC)cc3[nH]c2=O)C(=O)c2ccc(C)cc2)cc1. The molecule has 0 bridgehead atoms. The fourth-order valence-corrected chi connectivity index (χ4v) is 3.93. The molecule has 7 heteroatoms. The van der Waals surface area contributed by atoms with Crippen molar-refractivity contribution in [3.05, 3.63) is 99.3 Å². The summed E-state index contributed by atoms with van der Waals surface area (Å²) >= 11 is 0. The van der Waals surface area contributed by atoms with E-state index in [1.807, 2.05) is 49.4 Å². The molecule has 0 saturated carbocycles. The monoisotopic (exact) mass is 472 g/mol. The summed E-state index contributed by atoms with van der Waals surface area (Å²) in [6, 6.07) is 20.3. The van der Waals surface area contributed by atoms with Crippen LogP contribution in [-0.4, -0.2) is 37.1 Å². The predicted octanol–water partition coefficient (Wildman–Crippen LogP) is 4.70. The number of pyridine rings is 1. The summed E-state index contributed by atoms with van der Waals surface area (Å²) in [4.78, 5) is 31.1. The van der Waals surface area contributed by atoms with Gasteiger partial charge in [0, 0.05) is 29.1 Å². The van der Waals surface area contributed by atoms with Crippen LogP contribution >= 0.6 is 0 Å². The lowest BCUT2D eigenvalue weighted by molar-refractivity contribution is 0.0729. The Morgan fingerprint density at radius 2 is 1.49 bits per heavy atom. The van der Waals surface area contributed by atoms with E-state index in [1.165, 1.54) is 0 Å². The molecular formula is C28H28N2O5. The van der Waals surface area contributed by atoms with Gasteiger partial charge in [-0.05, 0) is 48.9 Å². The van der Waals surface area contributed by atoms with Gasteiger partial charge >= 0.3 is 0 Å². The number of carbonyl (C=O) groups is 1. The second-order valence-electron chi connectivity index (χ2n) is 8.29. The summed E-state index contributed by atoms with van der Waals surface area (Å²) < 4.78 is 16.0. The lowest BCUT2D eigenvalue weighted by atomic mass is 10.1. The lowest BCUT2D eigenvalue weighted by Crippen LogP contribution is -2.32. The van der Waals surface area contributed by atoms with Gasteiger partial charge in [-0.3, -0.25) is 9.59 Å². The second kappa shape index (κ2) is 10.3. The number of nitrogens with zero attached hydrogens (tertiary/aromatic N) is 1. The number of H-pyrrole nitrogens is 1. The number of methoxy groups -OCH3 is 3. The van der Waals surface area contributed by atoms with Gasteiger partial charge in [0.05, 0.1) is 33.4 Å². The molecule has 0 saturated heterocycles. The highest BCUT2D eigenvalue weighted by molar-refractivity contribution is 5.94. The Balaban J connectivity index is 1.72. The van der Waals surface area contributed by atoms with Crippen LogP contribution in [0.3, 0.4) is 0 Å². The topological polar surface area (TPSA) is 80.9 Å². The summed E-state index contributed by atoms with van der Waals surface area (Å²) in [5.41, 5.74) is 3.39. The largest absolute Gasteiger partial charge is 0.497 e. The van der Waals surface area contributed by atoms with Crippen molar-refractivity contribution in [1.82, 2.24) is 9.88 Å². The Labute approximate surface area is 203 Å². The first kappa shape index (κ1) is 23.9. The van der Waals surface area contributed by atoms with Crippen LogP contribution in [0.2, 0.25) is 0 Å². The molecular weight excluding hydrogens is 444 g/mol. The zero-order valence-corrected chi connectivity index (χ0v) is 20.3. The van der Waals surface area contributed by atoms with Crippen LogP contribution in [-0.2, 0) is 13.1 Å². The number of hydrogen-bond donors (Lipinski definition) is 1. The van der Waals surface area contributed by atoms with Crippen molar-refractivity contribution in [2.75, 3.05) is 21.3 Å². The molecule has 0 aliphatic heterocycles. The van der Waals surface area contributed by atoms with E-state index in [0.717, 1.165) is 22.3 Å². The van der Waals surface area contributed by atoms with E-state index in [2.05, 4.69) is 4.98 Å². The highest BCUT2D eigenvalue weighted by atomic mass is 16.5. The Bertz CT molecular complexity index is 1390. The smallest absolute Gasteiger partial charge is 0.254 e. The third-order valence-electron chi connectivity index (χ3n) is 5.90. The molecule has 3 aromatic carbocycles. The molecule has 1 aromatic heterocycles. The highest BCUT2D eigenvalue weighted by Gasteiger charge is 2.19. The molecule has 0 fully saturated rings. The third kappa shape index (κ3) is 5.30. The standard InChI is InChI=1S/C28H28N2O5/c1-18-5-9-20(10-6-18)28(32)30(16-19-7-11-23(33-2)12-8-19)17-22-13-21-14-25(34-3)26(35-4)15-24(21)29-27(22)31/h5-15H,16-17H2,1-4H3,(H,29,31). The summed E-state index contributed by atoms with van der Waals surface area (Å²) in [6.07, 6.45) is 0. The van der Waals surface area contributed by atoms with Crippen LogP contribution in [0, 0.1) is 6.92 Å². The van der Waals surface area contributed by atoms with E-state index in [0.29, 0.717) is 34.7 Å². The van der Waals surface area contributed by atoms with Crippen molar-refractivity contribution < 1.29 is 19.0 Å². The maximum atomic E-state index is 13.5. The maximum absolute atomic E-state index is 13.5. The van der Waals surface area contributed by atoms with Gasteiger partial charge in [0.1, 0.15) is 5.75 Å². The third-order valence-corrected chi connectivity index (χ3v) is 5.90. The summed E-state index contributed by atoms with van der Waals surface area (Å²) in [6.45, 7) is 2.44. The highest BCUT2D eigenvalue weighted by Crippen LogP contribution is 2.31. The van der Waals surface area contributed by atoms with Crippen molar-refractivity contribution in [3.63, 3.8) is 0 Å². The van der Waals surface area contributed by atoms with E-state index in [1.54, 1.807) is 50.5 Å². The number of aryl methyl sites for hydroxylation is 1. The number of ether oxygens (including phenoxy) is 3. The van der Waals surface area contributed by atoms with Crippen LogP contribution < -0.4 is 19.8 Å². The average Bonchev–Trinajstić information content (AvgIpc) is 2.88. The first-order valence-corrected chi connectivity index (χ1v) is 11.2. The van der Waals surface area contributed by atoms with Crippen LogP contribution in [0.25, 0.3) is 10.9 Å². The van der Waals surface area contributed by atoms with Crippen LogP contribution in [0.1, 0.15) is 27.0 Å². The molecule has 180 valence electrons. The fourth-order valence-electron chi connectivity index (χ4n) is 3.93. The van der Waals surface area contributed by atoms with Gasteiger partial charge in [-0.15, -0.1) is 0 Å². The first-order valence-electron chi connectivity index (χ1n) is 11.2. The molecule has 0 spiro atoms. The van der Waals surface area contributed by atoms with Gasteiger partial charge in [-0.1, -0.05) is 29.8 Å². The van der Waals surface area contributed by atoms with Crippen molar-refractivity contribution in [2.45, 2.75) is 20.0 Å². The molecule has 0 radical (unpaired) electrons.